The Labute approximate surface area is 212 Å². The number of esters is 3. The molecule has 2 aliphatic heterocycles. The lowest BCUT2D eigenvalue weighted by Crippen LogP contribution is -2.41. The van der Waals surface area contributed by atoms with Crippen molar-refractivity contribution in [2.75, 3.05) is 39.4 Å². The van der Waals surface area contributed by atoms with Crippen LogP contribution in [-0.2, 0) is 23.8 Å². The molecule has 0 radical (unpaired) electrons. The first-order valence-electron chi connectivity index (χ1n) is 11.0. The minimum absolute atomic E-state index is 0.00895. The number of nitriles is 1. The molecule has 0 bridgehead atoms. The van der Waals surface area contributed by atoms with Crippen LogP contribution >= 0.6 is 0 Å². The van der Waals surface area contributed by atoms with Crippen molar-refractivity contribution in [2.24, 2.45) is 5.73 Å². The molecule has 11 nitrogen and oxygen atoms in total. The van der Waals surface area contributed by atoms with Gasteiger partial charge in [-0.25, -0.2) is 14.4 Å². The van der Waals surface area contributed by atoms with Crippen LogP contribution in [0.3, 0.4) is 0 Å². The van der Waals surface area contributed by atoms with E-state index in [0.717, 1.165) is 19.1 Å². The van der Waals surface area contributed by atoms with Crippen molar-refractivity contribution in [3.05, 3.63) is 76.3 Å². The number of carbonyl (C=O) groups excluding carboxylic acids is 3. The predicted molar refractivity (Wildman–Crippen MR) is 128 cm³/mol. The number of carbonyl (C=O) groups is 3. The van der Waals surface area contributed by atoms with Gasteiger partial charge in [-0.05, 0) is 5.56 Å². The minimum Gasteiger partial charge on any atom is -0.486 e. The van der Waals surface area contributed by atoms with Gasteiger partial charge in [-0.1, -0.05) is 30.3 Å². The first kappa shape index (κ1) is 25.1. The lowest BCUT2D eigenvalue weighted by atomic mass is 9.80. The smallest absolute Gasteiger partial charge is 0.355 e. The number of nitrogens with two attached hydrogens (primary N) is 1. The summed E-state index contributed by atoms with van der Waals surface area (Å²) in [6.07, 6.45) is 0. The van der Waals surface area contributed by atoms with Crippen LogP contribution in [0.4, 0.5) is 5.69 Å². The molecule has 0 spiro atoms. The van der Waals surface area contributed by atoms with Crippen molar-refractivity contribution in [2.45, 2.75) is 5.92 Å². The van der Waals surface area contributed by atoms with Crippen LogP contribution in [0.25, 0.3) is 0 Å². The average molecular weight is 505 g/mol. The van der Waals surface area contributed by atoms with Crippen molar-refractivity contribution in [1.82, 2.24) is 0 Å². The largest absolute Gasteiger partial charge is 0.486 e. The SMILES string of the molecule is COC(=O)C1=C(C(=O)OC)N(c2cc3c(cc2C(=O)OC)OCCO3)C(N)=C(C#N)C1c1ccccc1. The second-order valence-electron chi connectivity index (χ2n) is 7.84. The van der Waals surface area contributed by atoms with Gasteiger partial charge in [0.1, 0.15) is 24.7 Å². The van der Waals surface area contributed by atoms with Crippen LogP contribution in [0.1, 0.15) is 21.8 Å². The zero-order valence-electron chi connectivity index (χ0n) is 20.3. The number of rotatable bonds is 5. The molecule has 0 saturated heterocycles. The van der Waals surface area contributed by atoms with E-state index in [2.05, 4.69) is 6.07 Å². The van der Waals surface area contributed by atoms with Crippen molar-refractivity contribution in [3.63, 3.8) is 0 Å². The van der Waals surface area contributed by atoms with E-state index in [-0.39, 0.29) is 58.6 Å². The van der Waals surface area contributed by atoms with Gasteiger partial charge in [0.05, 0.1) is 55.7 Å². The molecule has 0 fully saturated rings. The number of benzene rings is 2. The lowest BCUT2D eigenvalue weighted by molar-refractivity contribution is -0.139. The van der Waals surface area contributed by atoms with Gasteiger partial charge < -0.3 is 29.4 Å². The molecule has 2 aliphatic rings. The van der Waals surface area contributed by atoms with Crippen LogP contribution in [-0.4, -0.2) is 52.5 Å². The van der Waals surface area contributed by atoms with Crippen LogP contribution < -0.4 is 20.1 Å². The number of hydrogen-bond donors (Lipinski definition) is 1. The highest BCUT2D eigenvalue weighted by Crippen LogP contribution is 2.46. The standard InChI is InChI=1S/C26H23N3O8/c1-33-24(30)15-11-18-19(37-10-9-36-18)12-17(15)29-22(26(32)35-3)21(25(31)34-2)20(16(13-27)23(29)28)14-7-5-4-6-8-14/h4-8,11-12,20H,9-10,28H2,1-3H3. The zero-order chi connectivity index (χ0) is 26.7. The maximum atomic E-state index is 13.3. The van der Waals surface area contributed by atoms with E-state index in [4.69, 9.17) is 29.4 Å². The molecule has 2 heterocycles. The number of anilines is 1. The highest BCUT2D eigenvalue weighted by atomic mass is 16.6. The van der Waals surface area contributed by atoms with E-state index in [1.807, 2.05) is 0 Å². The molecular weight excluding hydrogens is 482 g/mol. The third-order valence-corrected chi connectivity index (χ3v) is 5.92. The van der Waals surface area contributed by atoms with Gasteiger partial charge >= 0.3 is 17.9 Å². The summed E-state index contributed by atoms with van der Waals surface area (Å²) in [5.74, 6) is -3.35. The number of nitrogens with zero attached hydrogens (tertiary/aromatic N) is 2. The van der Waals surface area contributed by atoms with Crippen LogP contribution in [0, 0.1) is 11.3 Å². The van der Waals surface area contributed by atoms with Gasteiger partial charge in [-0.3, -0.25) is 4.90 Å². The normalized spacial score (nSPS) is 16.6. The molecule has 1 unspecified atom stereocenters. The fraction of sp³-hybridized carbons (Fsp3) is 0.231. The molecule has 1 atom stereocenters. The van der Waals surface area contributed by atoms with Crippen molar-refractivity contribution < 1.29 is 38.1 Å². The Kier molecular flexibility index (Phi) is 7.01. The van der Waals surface area contributed by atoms with Crippen molar-refractivity contribution in [1.29, 1.82) is 5.26 Å². The molecule has 37 heavy (non-hydrogen) atoms. The summed E-state index contributed by atoms with van der Waals surface area (Å²) in [6, 6.07) is 13.4. The second kappa shape index (κ2) is 10.3. The highest BCUT2D eigenvalue weighted by molar-refractivity contribution is 6.08. The summed E-state index contributed by atoms with van der Waals surface area (Å²) in [5.41, 5.74) is 6.41. The van der Waals surface area contributed by atoms with Crippen LogP contribution in [0.15, 0.2) is 65.1 Å². The minimum atomic E-state index is -1.05. The van der Waals surface area contributed by atoms with E-state index in [9.17, 15) is 19.6 Å². The maximum Gasteiger partial charge on any atom is 0.355 e. The van der Waals surface area contributed by atoms with Gasteiger partial charge in [0.15, 0.2) is 11.5 Å². The number of methoxy groups -OCH3 is 3. The molecule has 2 N–H and O–H groups in total. The van der Waals surface area contributed by atoms with Crippen molar-refractivity contribution >= 4 is 23.6 Å². The number of hydrogen-bond acceptors (Lipinski definition) is 11. The molecule has 0 aromatic heterocycles. The molecular formula is C26H23N3O8. The summed E-state index contributed by atoms with van der Waals surface area (Å²) >= 11 is 0. The molecule has 0 aliphatic carbocycles. The van der Waals surface area contributed by atoms with Crippen molar-refractivity contribution in [3.8, 4) is 17.6 Å². The Bertz CT molecular complexity index is 1370. The third kappa shape index (κ3) is 4.29. The Balaban J connectivity index is 2.11. The Morgan fingerprint density at radius 2 is 1.54 bits per heavy atom. The monoisotopic (exact) mass is 505 g/mol. The molecule has 0 saturated carbocycles. The molecule has 2 aromatic rings. The quantitative estimate of drug-likeness (QED) is 0.470. The third-order valence-electron chi connectivity index (χ3n) is 5.92. The topological polar surface area (TPSA) is 150 Å². The van der Waals surface area contributed by atoms with Gasteiger partial charge in [-0.15, -0.1) is 0 Å². The fourth-order valence-corrected chi connectivity index (χ4v) is 4.30. The molecule has 0 amide bonds. The molecule has 190 valence electrons. The molecule has 2 aromatic carbocycles. The summed E-state index contributed by atoms with van der Waals surface area (Å²) in [5, 5.41) is 10.2. The number of fused-ring (bicyclic) bond motifs is 1. The summed E-state index contributed by atoms with van der Waals surface area (Å²) in [6.45, 7) is 0.498. The summed E-state index contributed by atoms with van der Waals surface area (Å²) in [4.78, 5) is 40.4. The van der Waals surface area contributed by atoms with E-state index >= 15 is 0 Å². The first-order chi connectivity index (χ1) is 17.9. The van der Waals surface area contributed by atoms with E-state index in [1.54, 1.807) is 30.3 Å². The Morgan fingerprint density at radius 3 is 2.11 bits per heavy atom. The average Bonchev–Trinajstić information content (AvgIpc) is 2.94. The first-order valence-corrected chi connectivity index (χ1v) is 11.0. The van der Waals surface area contributed by atoms with E-state index in [0.29, 0.717) is 5.56 Å². The zero-order valence-corrected chi connectivity index (χ0v) is 20.3. The molecule has 11 heteroatoms. The van der Waals surface area contributed by atoms with Gasteiger partial charge in [0, 0.05) is 12.1 Å². The van der Waals surface area contributed by atoms with Gasteiger partial charge in [0.2, 0.25) is 0 Å². The maximum absolute atomic E-state index is 13.3. The van der Waals surface area contributed by atoms with E-state index < -0.39 is 23.8 Å². The number of allylic oxidation sites excluding steroid dienone is 1. The number of ether oxygens (including phenoxy) is 5. The highest BCUT2D eigenvalue weighted by Gasteiger charge is 2.44. The van der Waals surface area contributed by atoms with E-state index in [1.165, 1.54) is 19.2 Å². The second-order valence-corrected chi connectivity index (χ2v) is 7.84. The van der Waals surface area contributed by atoms with Gasteiger partial charge in [0.25, 0.3) is 0 Å². The molecule has 4 rings (SSSR count). The summed E-state index contributed by atoms with van der Waals surface area (Å²) in [7, 11) is 3.46. The van der Waals surface area contributed by atoms with Crippen LogP contribution in [0.5, 0.6) is 11.5 Å². The Hall–Kier alpha value is -4.98. The van der Waals surface area contributed by atoms with Crippen LogP contribution in [0.2, 0.25) is 0 Å². The summed E-state index contributed by atoms with van der Waals surface area (Å²) < 4.78 is 26.3. The fourth-order valence-electron chi connectivity index (χ4n) is 4.30. The lowest BCUT2D eigenvalue weighted by Gasteiger charge is -2.36. The Morgan fingerprint density at radius 1 is 0.946 bits per heavy atom. The predicted octanol–water partition coefficient (Wildman–Crippen LogP) is 2.14. The van der Waals surface area contributed by atoms with Gasteiger partial charge in [-0.2, -0.15) is 5.26 Å².